The Balaban J connectivity index is 2.19. The van der Waals surface area contributed by atoms with Crippen molar-refractivity contribution in [1.82, 2.24) is 14.6 Å². The maximum absolute atomic E-state index is 12.3. The number of nitrogens with one attached hydrogen (secondary N) is 1. The number of thioether (sulfide) groups is 1. The Bertz CT molecular complexity index is 791. The molecular formula is C10H13N5O6S3. The first-order valence-electron chi connectivity index (χ1n) is 6.17. The second kappa shape index (κ2) is 6.92. The van der Waals surface area contributed by atoms with Gasteiger partial charge in [-0.2, -0.15) is 12.7 Å². The number of hydrogen-bond donors (Lipinski definition) is 3. The van der Waals surface area contributed by atoms with Crippen LogP contribution in [0.2, 0.25) is 0 Å². The molecule has 1 aliphatic rings. The minimum absolute atomic E-state index is 0.149. The smallest absolute Gasteiger partial charge is 0.363 e. The van der Waals surface area contributed by atoms with Crippen LogP contribution in [0.4, 0.5) is 5.13 Å². The van der Waals surface area contributed by atoms with E-state index in [9.17, 15) is 18.0 Å². The van der Waals surface area contributed by atoms with Crippen LogP contribution in [0.15, 0.2) is 10.5 Å². The lowest BCUT2D eigenvalue weighted by Gasteiger charge is -2.42. The molecule has 1 aromatic rings. The normalized spacial score (nSPS) is 21.4. The lowest BCUT2D eigenvalue weighted by atomic mass is 10.1. The zero-order valence-corrected chi connectivity index (χ0v) is 14.8. The molecule has 1 aliphatic heterocycles. The first-order chi connectivity index (χ1) is 11.2. The number of carbonyl (C=O) groups excluding carboxylic acids is 2. The highest BCUT2D eigenvalue weighted by atomic mass is 32.2. The molecule has 0 bridgehead atoms. The summed E-state index contributed by atoms with van der Waals surface area (Å²) in [7, 11) is -3.47. The molecule has 1 fully saturated rings. The molecule has 0 saturated carbocycles. The molecule has 1 aromatic heterocycles. The van der Waals surface area contributed by atoms with E-state index in [1.807, 2.05) is 0 Å². The van der Waals surface area contributed by atoms with Crippen LogP contribution >= 0.6 is 23.1 Å². The monoisotopic (exact) mass is 395 g/mol. The van der Waals surface area contributed by atoms with E-state index < -0.39 is 33.5 Å². The van der Waals surface area contributed by atoms with Gasteiger partial charge < -0.3 is 15.9 Å². The van der Waals surface area contributed by atoms with Crippen molar-refractivity contribution in [3.8, 4) is 0 Å². The minimum Gasteiger partial charge on any atom is -0.398 e. The molecule has 2 amide bonds. The van der Waals surface area contributed by atoms with E-state index in [1.54, 1.807) is 0 Å². The van der Waals surface area contributed by atoms with Crippen LogP contribution in [0.5, 0.6) is 0 Å². The maximum atomic E-state index is 12.3. The van der Waals surface area contributed by atoms with Crippen LogP contribution in [0.1, 0.15) is 5.69 Å². The Hall–Kier alpha value is -1.90. The number of β-lactam (4-membered cyclic amide) rings is 1. The van der Waals surface area contributed by atoms with Gasteiger partial charge in [-0.1, -0.05) is 5.16 Å². The highest BCUT2D eigenvalue weighted by molar-refractivity contribution is 8.00. The summed E-state index contributed by atoms with van der Waals surface area (Å²) in [6.07, 6.45) is 1.53. The molecule has 4 N–H and O–H groups in total. The molecule has 0 spiro atoms. The Morgan fingerprint density at radius 2 is 2.29 bits per heavy atom. The highest BCUT2D eigenvalue weighted by Gasteiger charge is 2.54. The number of thiazole rings is 1. The summed E-state index contributed by atoms with van der Waals surface area (Å²) in [5.74, 6) is -1.76. The number of oxime groups is 1. The molecule has 0 aliphatic carbocycles. The van der Waals surface area contributed by atoms with Gasteiger partial charge in [-0.3, -0.25) is 14.1 Å². The van der Waals surface area contributed by atoms with E-state index in [4.69, 9.17) is 10.3 Å². The Labute approximate surface area is 145 Å². The fraction of sp³-hybridized carbons (Fsp3) is 0.400. The highest BCUT2D eigenvalue weighted by Crippen LogP contribution is 2.30. The van der Waals surface area contributed by atoms with E-state index in [-0.39, 0.29) is 20.8 Å². The van der Waals surface area contributed by atoms with E-state index in [0.29, 0.717) is 0 Å². The standard InChI is InChI=1S/C10H13N5O6S3/c1-21-14-5(4-3-23-10(11)12-4)7(16)13-6-8(17)15(9(6)22-2)24(18,19)20/h3,6,9H,1-2H3,(H2,11,12)(H,13,16)(H,18,19,20)/t6-,9-/m1/s1. The second-order valence-electron chi connectivity index (χ2n) is 4.38. The molecule has 0 unspecified atom stereocenters. The van der Waals surface area contributed by atoms with Gasteiger partial charge in [-0.25, -0.2) is 4.98 Å². The fourth-order valence-electron chi connectivity index (χ4n) is 1.95. The zero-order valence-electron chi connectivity index (χ0n) is 12.4. The van der Waals surface area contributed by atoms with Crippen molar-refractivity contribution in [2.24, 2.45) is 5.16 Å². The van der Waals surface area contributed by atoms with Gasteiger partial charge in [0.1, 0.15) is 24.2 Å². The van der Waals surface area contributed by atoms with Gasteiger partial charge >= 0.3 is 10.3 Å². The van der Waals surface area contributed by atoms with E-state index in [1.165, 1.54) is 18.7 Å². The number of rotatable bonds is 6. The predicted molar refractivity (Wildman–Crippen MR) is 87.7 cm³/mol. The number of amides is 2. The number of nitrogens with zero attached hydrogens (tertiary/aromatic N) is 3. The average Bonchev–Trinajstić information content (AvgIpc) is 2.91. The van der Waals surface area contributed by atoms with Crippen molar-refractivity contribution in [1.29, 1.82) is 0 Å². The summed E-state index contributed by atoms with van der Waals surface area (Å²) in [6.45, 7) is 0. The third kappa shape index (κ3) is 3.45. The van der Waals surface area contributed by atoms with Crippen LogP contribution in [0, 0.1) is 0 Å². The number of nitrogens with two attached hydrogens (primary N) is 1. The van der Waals surface area contributed by atoms with Gasteiger partial charge in [0, 0.05) is 5.38 Å². The number of carbonyl (C=O) groups is 2. The molecule has 1 saturated heterocycles. The van der Waals surface area contributed by atoms with Gasteiger partial charge in [0.2, 0.25) is 0 Å². The van der Waals surface area contributed by atoms with Crippen LogP contribution in [0.25, 0.3) is 0 Å². The second-order valence-corrected chi connectivity index (χ2v) is 7.52. The molecule has 0 radical (unpaired) electrons. The first kappa shape index (κ1) is 18.4. The summed E-state index contributed by atoms with van der Waals surface area (Å²) in [6, 6.07) is -1.15. The molecule has 2 heterocycles. The predicted octanol–water partition coefficient (Wildman–Crippen LogP) is -1.11. The van der Waals surface area contributed by atoms with E-state index >= 15 is 0 Å². The number of nitrogen functional groups attached to an aromatic ring is 1. The maximum Gasteiger partial charge on any atom is 0.363 e. The quantitative estimate of drug-likeness (QED) is 0.234. The Morgan fingerprint density at radius 3 is 2.75 bits per heavy atom. The fourth-order valence-corrected chi connectivity index (χ4v) is 4.56. The van der Waals surface area contributed by atoms with E-state index in [0.717, 1.165) is 23.1 Å². The Morgan fingerprint density at radius 1 is 1.62 bits per heavy atom. The lowest BCUT2D eigenvalue weighted by molar-refractivity contribution is -0.140. The van der Waals surface area contributed by atoms with Crippen molar-refractivity contribution < 1.29 is 27.4 Å². The van der Waals surface area contributed by atoms with Crippen LogP contribution < -0.4 is 11.1 Å². The van der Waals surface area contributed by atoms with Crippen LogP contribution in [0.3, 0.4) is 0 Å². The first-order valence-corrected chi connectivity index (χ1v) is 9.74. The topological polar surface area (TPSA) is 164 Å². The lowest BCUT2D eigenvalue weighted by Crippen LogP contribution is -2.71. The molecule has 24 heavy (non-hydrogen) atoms. The number of anilines is 1. The molecule has 11 nitrogen and oxygen atoms in total. The van der Waals surface area contributed by atoms with Gasteiger partial charge in [0.05, 0.1) is 0 Å². The van der Waals surface area contributed by atoms with Crippen LogP contribution in [-0.4, -0.2) is 64.6 Å². The van der Waals surface area contributed by atoms with Crippen molar-refractivity contribution in [2.75, 3.05) is 19.1 Å². The van der Waals surface area contributed by atoms with E-state index in [2.05, 4.69) is 20.3 Å². The minimum atomic E-state index is -4.70. The third-order valence-corrected chi connectivity index (χ3v) is 5.62. The zero-order chi connectivity index (χ0) is 18.1. The average molecular weight is 395 g/mol. The number of hydrogen-bond acceptors (Lipinski definition) is 10. The molecular weight excluding hydrogens is 382 g/mol. The summed E-state index contributed by atoms with van der Waals surface area (Å²) in [4.78, 5) is 32.7. The summed E-state index contributed by atoms with van der Waals surface area (Å²) >= 11 is 2.05. The van der Waals surface area contributed by atoms with Crippen LogP contribution in [-0.2, 0) is 24.7 Å². The van der Waals surface area contributed by atoms with Gasteiger partial charge in [0.15, 0.2) is 10.8 Å². The van der Waals surface area contributed by atoms with Gasteiger partial charge in [0.25, 0.3) is 11.8 Å². The van der Waals surface area contributed by atoms with Gasteiger partial charge in [-0.05, 0) is 6.26 Å². The summed E-state index contributed by atoms with van der Waals surface area (Å²) < 4.78 is 31.6. The SMILES string of the molecule is CON=C(C(=O)N[C@@H]1C(=O)N(S(=O)(=O)O)[C@@H]1SC)c1csc(N)n1. The van der Waals surface area contributed by atoms with Crippen molar-refractivity contribution in [3.05, 3.63) is 11.1 Å². The van der Waals surface area contributed by atoms with Crippen molar-refractivity contribution in [3.63, 3.8) is 0 Å². The molecule has 0 aromatic carbocycles. The van der Waals surface area contributed by atoms with Crippen molar-refractivity contribution in [2.45, 2.75) is 11.4 Å². The molecule has 14 heteroatoms. The van der Waals surface area contributed by atoms with Gasteiger partial charge in [-0.15, -0.1) is 23.1 Å². The van der Waals surface area contributed by atoms with Crippen molar-refractivity contribution >= 4 is 56.1 Å². The number of aromatic nitrogens is 1. The third-order valence-electron chi connectivity index (χ3n) is 2.94. The molecule has 2 atom stereocenters. The Kier molecular flexibility index (Phi) is 5.32. The largest absolute Gasteiger partial charge is 0.398 e. The molecule has 2 rings (SSSR count). The summed E-state index contributed by atoms with van der Waals surface area (Å²) in [5.41, 5.74) is 5.43. The summed E-state index contributed by atoms with van der Waals surface area (Å²) in [5, 5.41) is 6.62. The molecule has 132 valence electrons.